The first-order valence-electron chi connectivity index (χ1n) is 4.97. The zero-order valence-electron chi connectivity index (χ0n) is 8.80. The molecule has 0 aliphatic carbocycles. The second-order valence-electron chi connectivity index (χ2n) is 3.29. The third-order valence-corrected chi connectivity index (χ3v) is 2.22. The van der Waals surface area contributed by atoms with Gasteiger partial charge in [-0.3, -0.25) is 4.98 Å². The van der Waals surface area contributed by atoms with Crippen LogP contribution < -0.4 is 0 Å². The number of esters is 1. The Morgan fingerprint density at radius 2 is 2.31 bits per heavy atom. The van der Waals surface area contributed by atoms with Crippen molar-refractivity contribution in [3.63, 3.8) is 0 Å². The van der Waals surface area contributed by atoms with Crippen LogP contribution in [0.5, 0.6) is 5.75 Å². The Balaban J connectivity index is 2.54. The van der Waals surface area contributed by atoms with Crippen molar-refractivity contribution in [2.75, 3.05) is 6.61 Å². The fourth-order valence-electron chi connectivity index (χ4n) is 1.48. The van der Waals surface area contributed by atoms with Gasteiger partial charge < -0.3 is 9.84 Å². The molecule has 0 unspecified atom stereocenters. The minimum Gasteiger partial charge on any atom is -0.507 e. The number of nitrogens with zero attached hydrogens (tertiary/aromatic N) is 1. The number of hydrogen-bond donors (Lipinski definition) is 1. The molecule has 2 rings (SSSR count). The number of aromatic hydroxyl groups is 1. The van der Waals surface area contributed by atoms with E-state index in [0.717, 1.165) is 5.39 Å². The van der Waals surface area contributed by atoms with Crippen LogP contribution in [0.2, 0.25) is 0 Å². The summed E-state index contributed by atoms with van der Waals surface area (Å²) in [4.78, 5) is 15.6. The van der Waals surface area contributed by atoms with E-state index in [2.05, 4.69) is 4.98 Å². The monoisotopic (exact) mass is 217 g/mol. The summed E-state index contributed by atoms with van der Waals surface area (Å²) >= 11 is 0. The predicted molar refractivity (Wildman–Crippen MR) is 59.4 cm³/mol. The van der Waals surface area contributed by atoms with Gasteiger partial charge >= 0.3 is 5.97 Å². The standard InChI is InChI=1S/C12H11NO3/c1-2-16-12(15)9-7-10-8(6-11(9)14)4-3-5-13-10/h3-7,14H,2H2,1H3. The molecule has 16 heavy (non-hydrogen) atoms. The van der Waals surface area contributed by atoms with Gasteiger partial charge in [0.25, 0.3) is 0 Å². The normalized spacial score (nSPS) is 10.3. The highest BCUT2D eigenvalue weighted by Gasteiger charge is 2.13. The number of phenolic OH excluding ortho intramolecular Hbond substituents is 1. The molecular formula is C12H11NO3. The Morgan fingerprint density at radius 1 is 1.50 bits per heavy atom. The summed E-state index contributed by atoms with van der Waals surface area (Å²) in [6, 6.07) is 6.63. The van der Waals surface area contributed by atoms with Crippen LogP contribution in [0.15, 0.2) is 30.5 Å². The number of ether oxygens (including phenoxy) is 1. The summed E-state index contributed by atoms with van der Waals surface area (Å²) < 4.78 is 4.83. The third-order valence-electron chi connectivity index (χ3n) is 2.22. The second-order valence-corrected chi connectivity index (χ2v) is 3.29. The van der Waals surface area contributed by atoms with Gasteiger partial charge in [-0.2, -0.15) is 0 Å². The van der Waals surface area contributed by atoms with Crippen LogP contribution in [0.4, 0.5) is 0 Å². The van der Waals surface area contributed by atoms with Crippen LogP contribution in [-0.4, -0.2) is 22.7 Å². The fourth-order valence-corrected chi connectivity index (χ4v) is 1.48. The predicted octanol–water partition coefficient (Wildman–Crippen LogP) is 2.12. The van der Waals surface area contributed by atoms with Gasteiger partial charge in [-0.15, -0.1) is 0 Å². The lowest BCUT2D eigenvalue weighted by atomic mass is 10.1. The zero-order chi connectivity index (χ0) is 11.5. The SMILES string of the molecule is CCOC(=O)c1cc2ncccc2cc1O. The first kappa shape index (κ1) is 10.4. The molecule has 1 N–H and O–H groups in total. The number of phenols is 1. The van der Waals surface area contributed by atoms with Crippen LogP contribution in [-0.2, 0) is 4.74 Å². The van der Waals surface area contributed by atoms with E-state index in [-0.39, 0.29) is 17.9 Å². The number of rotatable bonds is 2. The van der Waals surface area contributed by atoms with Crippen LogP contribution in [0, 0.1) is 0 Å². The highest BCUT2D eigenvalue weighted by atomic mass is 16.5. The highest BCUT2D eigenvalue weighted by Crippen LogP contribution is 2.24. The molecule has 0 atom stereocenters. The van der Waals surface area contributed by atoms with E-state index in [1.54, 1.807) is 19.2 Å². The molecule has 0 fully saturated rings. The third kappa shape index (κ3) is 1.82. The Hall–Kier alpha value is -2.10. The van der Waals surface area contributed by atoms with Crippen molar-refractivity contribution < 1.29 is 14.6 Å². The van der Waals surface area contributed by atoms with E-state index >= 15 is 0 Å². The number of hydrogen-bond acceptors (Lipinski definition) is 4. The number of pyridine rings is 1. The van der Waals surface area contributed by atoms with E-state index in [1.807, 2.05) is 6.07 Å². The first-order chi connectivity index (χ1) is 7.72. The summed E-state index contributed by atoms with van der Waals surface area (Å²) in [7, 11) is 0. The van der Waals surface area contributed by atoms with E-state index in [0.29, 0.717) is 5.52 Å². The van der Waals surface area contributed by atoms with Gasteiger partial charge in [0, 0.05) is 11.6 Å². The lowest BCUT2D eigenvalue weighted by Crippen LogP contribution is -2.05. The summed E-state index contributed by atoms with van der Waals surface area (Å²) in [6.07, 6.45) is 1.63. The molecule has 2 aromatic rings. The van der Waals surface area contributed by atoms with Gasteiger partial charge in [0.2, 0.25) is 0 Å². The minimum atomic E-state index is -0.535. The van der Waals surface area contributed by atoms with E-state index in [9.17, 15) is 9.90 Å². The quantitative estimate of drug-likeness (QED) is 0.783. The molecule has 0 aliphatic rings. The Kier molecular flexibility index (Phi) is 2.72. The summed E-state index contributed by atoms with van der Waals surface area (Å²) in [5.74, 6) is -0.619. The summed E-state index contributed by atoms with van der Waals surface area (Å²) in [5.41, 5.74) is 0.802. The van der Waals surface area contributed by atoms with Crippen molar-refractivity contribution >= 4 is 16.9 Å². The zero-order valence-corrected chi connectivity index (χ0v) is 8.80. The maximum absolute atomic E-state index is 11.5. The van der Waals surface area contributed by atoms with Crippen molar-refractivity contribution in [3.8, 4) is 5.75 Å². The maximum atomic E-state index is 11.5. The van der Waals surface area contributed by atoms with Crippen molar-refractivity contribution in [3.05, 3.63) is 36.0 Å². The van der Waals surface area contributed by atoms with Gasteiger partial charge in [-0.1, -0.05) is 6.07 Å². The average Bonchev–Trinajstić information content (AvgIpc) is 2.28. The van der Waals surface area contributed by atoms with Crippen LogP contribution in [0.3, 0.4) is 0 Å². The largest absolute Gasteiger partial charge is 0.507 e. The van der Waals surface area contributed by atoms with Crippen LogP contribution in [0.1, 0.15) is 17.3 Å². The number of aromatic nitrogens is 1. The molecular weight excluding hydrogens is 206 g/mol. The molecule has 0 saturated heterocycles. The topological polar surface area (TPSA) is 59.4 Å². The summed E-state index contributed by atoms with van der Waals surface area (Å²) in [5, 5.41) is 10.5. The molecule has 4 nitrogen and oxygen atoms in total. The molecule has 0 amide bonds. The first-order valence-corrected chi connectivity index (χ1v) is 4.97. The molecule has 1 aromatic carbocycles. The number of carbonyl (C=O) groups excluding carboxylic acids is 1. The number of carbonyl (C=O) groups is 1. The molecule has 1 heterocycles. The molecule has 0 spiro atoms. The lowest BCUT2D eigenvalue weighted by Gasteiger charge is -2.05. The molecule has 0 bridgehead atoms. The fraction of sp³-hybridized carbons (Fsp3) is 0.167. The van der Waals surface area contributed by atoms with Crippen LogP contribution >= 0.6 is 0 Å². The molecule has 0 aliphatic heterocycles. The average molecular weight is 217 g/mol. The van der Waals surface area contributed by atoms with Crippen molar-refractivity contribution in [1.82, 2.24) is 4.98 Å². The Morgan fingerprint density at radius 3 is 3.06 bits per heavy atom. The number of fused-ring (bicyclic) bond motifs is 1. The maximum Gasteiger partial charge on any atom is 0.341 e. The van der Waals surface area contributed by atoms with E-state index in [4.69, 9.17) is 4.74 Å². The molecule has 82 valence electrons. The van der Waals surface area contributed by atoms with Gasteiger partial charge in [0.05, 0.1) is 12.1 Å². The van der Waals surface area contributed by atoms with Crippen LogP contribution in [0.25, 0.3) is 10.9 Å². The van der Waals surface area contributed by atoms with E-state index in [1.165, 1.54) is 12.1 Å². The Labute approximate surface area is 92.5 Å². The van der Waals surface area contributed by atoms with Crippen molar-refractivity contribution in [2.45, 2.75) is 6.92 Å². The highest BCUT2D eigenvalue weighted by molar-refractivity contribution is 5.97. The lowest BCUT2D eigenvalue weighted by molar-refractivity contribution is 0.0523. The van der Waals surface area contributed by atoms with Crippen molar-refractivity contribution in [1.29, 1.82) is 0 Å². The molecule has 0 saturated carbocycles. The van der Waals surface area contributed by atoms with Gasteiger partial charge in [-0.25, -0.2) is 4.79 Å². The second kappa shape index (κ2) is 4.18. The van der Waals surface area contributed by atoms with Crippen molar-refractivity contribution in [2.24, 2.45) is 0 Å². The molecule has 1 aromatic heterocycles. The molecule has 0 radical (unpaired) electrons. The van der Waals surface area contributed by atoms with E-state index < -0.39 is 5.97 Å². The van der Waals surface area contributed by atoms with Gasteiger partial charge in [-0.05, 0) is 25.1 Å². The molecule has 4 heteroatoms. The summed E-state index contributed by atoms with van der Waals surface area (Å²) in [6.45, 7) is 1.99. The van der Waals surface area contributed by atoms with Gasteiger partial charge in [0.15, 0.2) is 0 Å². The van der Waals surface area contributed by atoms with Gasteiger partial charge in [0.1, 0.15) is 11.3 Å². The Bertz CT molecular complexity index is 537. The minimum absolute atomic E-state index is 0.0843. The number of benzene rings is 1. The smallest absolute Gasteiger partial charge is 0.341 e.